The highest BCUT2D eigenvalue weighted by atomic mass is 32.2. The summed E-state index contributed by atoms with van der Waals surface area (Å²) in [5, 5.41) is 10.3. The normalized spacial score (nSPS) is 27.8. The molecule has 1 aromatic rings. The van der Waals surface area contributed by atoms with Crippen LogP contribution in [0.25, 0.3) is 0 Å². The second kappa shape index (κ2) is 6.29. The van der Waals surface area contributed by atoms with E-state index in [1.54, 1.807) is 36.4 Å². The highest BCUT2D eigenvalue weighted by Gasteiger charge is 2.41. The third-order valence-electron chi connectivity index (χ3n) is 4.97. The lowest BCUT2D eigenvalue weighted by molar-refractivity contribution is -0.0572. The Hall–Kier alpha value is -1.15. The number of hydrogen-bond donors (Lipinski definition) is 2. The summed E-state index contributed by atoms with van der Waals surface area (Å²) < 4.78 is 33.2. The highest BCUT2D eigenvalue weighted by Crippen LogP contribution is 2.39. The van der Waals surface area contributed by atoms with E-state index in [2.05, 4.69) is 0 Å². The van der Waals surface area contributed by atoms with Crippen molar-refractivity contribution < 1.29 is 18.3 Å². The third-order valence-corrected chi connectivity index (χ3v) is 6.86. The van der Waals surface area contributed by atoms with Crippen molar-refractivity contribution in [1.82, 2.24) is 4.31 Å². The van der Waals surface area contributed by atoms with E-state index >= 15 is 0 Å². The van der Waals surface area contributed by atoms with Gasteiger partial charge in [-0.15, -0.1) is 0 Å². The van der Waals surface area contributed by atoms with Gasteiger partial charge in [-0.1, -0.05) is 12.8 Å². The number of aliphatic hydroxyl groups is 1. The third kappa shape index (κ3) is 3.06. The average molecular weight is 354 g/mol. The van der Waals surface area contributed by atoms with E-state index in [0.29, 0.717) is 24.4 Å². The van der Waals surface area contributed by atoms with Crippen LogP contribution in [0, 0.1) is 0 Å². The van der Waals surface area contributed by atoms with Gasteiger partial charge in [-0.05, 0) is 44.9 Å². The Balaban J connectivity index is 1.96. The Morgan fingerprint density at radius 1 is 1.21 bits per heavy atom. The summed E-state index contributed by atoms with van der Waals surface area (Å²) >= 11 is 0. The number of ether oxygens (including phenoxy) is 1. The minimum atomic E-state index is -3.55. The summed E-state index contributed by atoms with van der Waals surface area (Å²) in [5.74, 6) is 0.535. The molecular formula is C17H26N2O4S. The van der Waals surface area contributed by atoms with E-state index in [0.717, 1.165) is 25.7 Å². The number of nitrogens with zero attached hydrogens (tertiary/aromatic N) is 1. The lowest BCUT2D eigenvalue weighted by Gasteiger charge is -2.40. The zero-order chi connectivity index (χ0) is 17.5. The molecule has 6 nitrogen and oxygen atoms in total. The molecule has 134 valence electrons. The van der Waals surface area contributed by atoms with Gasteiger partial charge in [0.15, 0.2) is 0 Å². The molecule has 1 saturated heterocycles. The fourth-order valence-electron chi connectivity index (χ4n) is 3.42. The first-order chi connectivity index (χ1) is 11.2. The maximum atomic E-state index is 12.9. The van der Waals surface area contributed by atoms with Crippen molar-refractivity contribution in [2.24, 2.45) is 5.73 Å². The number of aliphatic hydroxyl groups excluding tert-OH is 1. The summed E-state index contributed by atoms with van der Waals surface area (Å²) in [6, 6.07) is 4.09. The summed E-state index contributed by atoms with van der Waals surface area (Å²) in [5.41, 5.74) is 5.87. The van der Waals surface area contributed by atoms with Crippen molar-refractivity contribution in [3.63, 3.8) is 0 Å². The second-order valence-electron chi connectivity index (χ2n) is 7.19. The highest BCUT2D eigenvalue weighted by molar-refractivity contribution is 7.89. The molecule has 1 aromatic carbocycles. The maximum Gasteiger partial charge on any atom is 0.243 e. The van der Waals surface area contributed by atoms with Crippen LogP contribution in [0.2, 0.25) is 0 Å². The zero-order valence-electron chi connectivity index (χ0n) is 14.2. The van der Waals surface area contributed by atoms with Crippen LogP contribution < -0.4 is 10.5 Å². The SMILES string of the molecule is CC1(C)Oc2ccc(S(=O)(=O)N3CCCCCC3)cc2[C@@H](N)[C@@H]1O. The minimum Gasteiger partial charge on any atom is -0.485 e. The van der Waals surface area contributed by atoms with Gasteiger partial charge in [-0.25, -0.2) is 8.42 Å². The van der Waals surface area contributed by atoms with E-state index in [1.807, 2.05) is 0 Å². The van der Waals surface area contributed by atoms with Crippen molar-refractivity contribution in [3.8, 4) is 5.75 Å². The number of hydrogen-bond acceptors (Lipinski definition) is 5. The molecule has 3 N–H and O–H groups in total. The van der Waals surface area contributed by atoms with Gasteiger partial charge in [0.1, 0.15) is 17.5 Å². The first kappa shape index (κ1) is 17.7. The summed E-state index contributed by atoms with van der Waals surface area (Å²) in [6.07, 6.45) is 3.01. The van der Waals surface area contributed by atoms with Gasteiger partial charge < -0.3 is 15.6 Å². The molecular weight excluding hydrogens is 328 g/mol. The van der Waals surface area contributed by atoms with Gasteiger partial charge in [0, 0.05) is 18.7 Å². The fraction of sp³-hybridized carbons (Fsp3) is 0.647. The van der Waals surface area contributed by atoms with Crippen LogP contribution >= 0.6 is 0 Å². The van der Waals surface area contributed by atoms with Crippen molar-refractivity contribution >= 4 is 10.0 Å². The van der Waals surface area contributed by atoms with Crippen LogP contribution in [0.3, 0.4) is 0 Å². The van der Waals surface area contributed by atoms with Gasteiger partial charge >= 0.3 is 0 Å². The van der Waals surface area contributed by atoms with Crippen LogP contribution in [-0.4, -0.2) is 42.6 Å². The largest absolute Gasteiger partial charge is 0.485 e. The molecule has 0 saturated carbocycles. The van der Waals surface area contributed by atoms with E-state index in [9.17, 15) is 13.5 Å². The second-order valence-corrected chi connectivity index (χ2v) is 9.13. The van der Waals surface area contributed by atoms with Crippen LogP contribution in [0.4, 0.5) is 0 Å². The first-order valence-electron chi connectivity index (χ1n) is 8.50. The van der Waals surface area contributed by atoms with E-state index in [1.165, 1.54) is 0 Å². The molecule has 0 radical (unpaired) electrons. The number of fused-ring (bicyclic) bond motifs is 1. The average Bonchev–Trinajstić information content (AvgIpc) is 2.82. The molecule has 2 aliphatic rings. The number of benzene rings is 1. The molecule has 1 fully saturated rings. The van der Waals surface area contributed by atoms with Gasteiger partial charge in [-0.2, -0.15) is 4.31 Å². The Morgan fingerprint density at radius 3 is 2.46 bits per heavy atom. The molecule has 0 unspecified atom stereocenters. The lowest BCUT2D eigenvalue weighted by Crippen LogP contribution is -2.51. The quantitative estimate of drug-likeness (QED) is 0.844. The molecule has 3 rings (SSSR count). The number of sulfonamides is 1. The molecule has 24 heavy (non-hydrogen) atoms. The molecule has 0 spiro atoms. The summed E-state index contributed by atoms with van der Waals surface area (Å²) in [7, 11) is -3.55. The molecule has 2 aliphatic heterocycles. The summed E-state index contributed by atoms with van der Waals surface area (Å²) in [6.45, 7) is 4.64. The van der Waals surface area contributed by atoms with Crippen molar-refractivity contribution in [2.75, 3.05) is 13.1 Å². The Labute approximate surface area is 143 Å². The van der Waals surface area contributed by atoms with Gasteiger partial charge in [0.2, 0.25) is 10.0 Å². The molecule has 0 bridgehead atoms. The van der Waals surface area contributed by atoms with Crippen LogP contribution in [0.1, 0.15) is 51.1 Å². The summed E-state index contributed by atoms with van der Waals surface area (Å²) in [4.78, 5) is 0.217. The van der Waals surface area contributed by atoms with E-state index in [4.69, 9.17) is 10.5 Å². The molecule has 0 aliphatic carbocycles. The smallest absolute Gasteiger partial charge is 0.243 e. The topological polar surface area (TPSA) is 92.9 Å². The molecule has 2 heterocycles. The Kier molecular flexibility index (Phi) is 4.63. The maximum absolute atomic E-state index is 12.9. The Morgan fingerprint density at radius 2 is 1.83 bits per heavy atom. The van der Waals surface area contributed by atoms with Crippen LogP contribution in [-0.2, 0) is 10.0 Å². The predicted molar refractivity (Wildman–Crippen MR) is 91.3 cm³/mol. The van der Waals surface area contributed by atoms with Crippen LogP contribution in [0.5, 0.6) is 5.75 Å². The predicted octanol–water partition coefficient (Wildman–Crippen LogP) is 1.78. The monoisotopic (exact) mass is 354 g/mol. The van der Waals surface area contributed by atoms with Crippen molar-refractivity contribution in [1.29, 1.82) is 0 Å². The molecule has 2 atom stereocenters. The van der Waals surface area contributed by atoms with Crippen LogP contribution in [0.15, 0.2) is 23.1 Å². The van der Waals surface area contributed by atoms with Gasteiger partial charge in [0.05, 0.1) is 10.9 Å². The first-order valence-corrected chi connectivity index (χ1v) is 9.94. The molecule has 0 amide bonds. The fourth-order valence-corrected chi connectivity index (χ4v) is 4.97. The van der Waals surface area contributed by atoms with E-state index in [-0.39, 0.29) is 4.90 Å². The standard InChI is InChI=1S/C17H26N2O4S/c1-17(2)16(20)15(18)13-11-12(7-8-14(13)23-17)24(21,22)19-9-5-3-4-6-10-19/h7-8,11,15-16,20H,3-6,9-10,18H2,1-2H3/t15-,16+/m1/s1. The lowest BCUT2D eigenvalue weighted by atomic mass is 9.87. The molecule has 0 aromatic heterocycles. The number of rotatable bonds is 2. The van der Waals surface area contributed by atoms with E-state index < -0.39 is 27.8 Å². The molecule has 7 heteroatoms. The van der Waals surface area contributed by atoms with Gasteiger partial charge in [-0.3, -0.25) is 0 Å². The Bertz CT molecular complexity index is 709. The zero-order valence-corrected chi connectivity index (χ0v) is 15.1. The van der Waals surface area contributed by atoms with Crippen molar-refractivity contribution in [3.05, 3.63) is 23.8 Å². The van der Waals surface area contributed by atoms with Gasteiger partial charge in [0.25, 0.3) is 0 Å². The minimum absolute atomic E-state index is 0.217. The van der Waals surface area contributed by atoms with Crippen molar-refractivity contribution in [2.45, 2.75) is 62.2 Å². The number of nitrogens with two attached hydrogens (primary N) is 1.